The van der Waals surface area contributed by atoms with E-state index in [1.165, 1.54) is 22.9 Å². The molecule has 1 amide bonds. The molecule has 1 aliphatic heterocycles. The lowest BCUT2D eigenvalue weighted by molar-refractivity contribution is -0.115. The SMILES string of the molecule is Cc1nc2sccn2c1CN1CCc2ccc(NC(=O)Cc3ccccc3F)cc2C1. The Morgan fingerprint density at radius 1 is 1.23 bits per heavy atom. The average molecular weight is 435 g/mol. The van der Waals surface area contributed by atoms with Crippen LogP contribution in [-0.4, -0.2) is 26.7 Å². The van der Waals surface area contributed by atoms with E-state index >= 15 is 0 Å². The number of amides is 1. The number of hydrogen-bond acceptors (Lipinski definition) is 4. The van der Waals surface area contributed by atoms with Gasteiger partial charge in [0.15, 0.2) is 4.96 Å². The van der Waals surface area contributed by atoms with Gasteiger partial charge in [-0.25, -0.2) is 9.37 Å². The van der Waals surface area contributed by atoms with Crippen LogP contribution in [0.3, 0.4) is 0 Å². The maximum Gasteiger partial charge on any atom is 0.228 e. The number of aryl methyl sites for hydroxylation is 1. The fraction of sp³-hybridized carbons (Fsp3) is 0.250. The molecule has 0 bridgehead atoms. The normalized spacial score (nSPS) is 14.0. The van der Waals surface area contributed by atoms with Gasteiger partial charge >= 0.3 is 0 Å². The van der Waals surface area contributed by atoms with Crippen molar-refractivity contribution >= 4 is 27.9 Å². The highest BCUT2D eigenvalue weighted by Crippen LogP contribution is 2.26. The van der Waals surface area contributed by atoms with Gasteiger partial charge in [-0.2, -0.15) is 0 Å². The van der Waals surface area contributed by atoms with Gasteiger partial charge in [0.1, 0.15) is 5.82 Å². The predicted molar refractivity (Wildman–Crippen MR) is 121 cm³/mol. The molecule has 0 unspecified atom stereocenters. The van der Waals surface area contributed by atoms with Crippen LogP contribution >= 0.6 is 11.3 Å². The highest BCUT2D eigenvalue weighted by Gasteiger charge is 2.20. The first kappa shape index (κ1) is 19.9. The largest absolute Gasteiger partial charge is 0.326 e. The molecule has 1 N–H and O–H groups in total. The van der Waals surface area contributed by atoms with Crippen molar-refractivity contribution in [1.29, 1.82) is 0 Å². The summed E-state index contributed by atoms with van der Waals surface area (Å²) in [6, 6.07) is 12.5. The van der Waals surface area contributed by atoms with Crippen LogP contribution in [0, 0.1) is 12.7 Å². The fourth-order valence-corrected chi connectivity index (χ4v) is 4.97. The molecule has 1 aliphatic rings. The minimum atomic E-state index is -0.353. The summed E-state index contributed by atoms with van der Waals surface area (Å²) in [5, 5.41) is 4.98. The number of carbonyl (C=O) groups excluding carboxylic acids is 1. The van der Waals surface area contributed by atoms with E-state index in [4.69, 9.17) is 0 Å². The monoisotopic (exact) mass is 434 g/mol. The molecular weight excluding hydrogens is 411 g/mol. The third-order valence-electron chi connectivity index (χ3n) is 5.82. The smallest absolute Gasteiger partial charge is 0.228 e. The van der Waals surface area contributed by atoms with Crippen LogP contribution in [0.5, 0.6) is 0 Å². The topological polar surface area (TPSA) is 49.6 Å². The molecule has 4 aromatic rings. The molecule has 0 saturated heterocycles. The molecule has 0 aliphatic carbocycles. The Morgan fingerprint density at radius 2 is 2.10 bits per heavy atom. The molecular formula is C24H23FN4OS. The number of anilines is 1. The number of benzene rings is 2. The molecule has 5 nitrogen and oxygen atoms in total. The van der Waals surface area contributed by atoms with Crippen LogP contribution in [-0.2, 0) is 30.7 Å². The van der Waals surface area contributed by atoms with E-state index in [0.29, 0.717) is 5.56 Å². The van der Waals surface area contributed by atoms with Crippen LogP contribution in [0.4, 0.5) is 10.1 Å². The van der Waals surface area contributed by atoms with E-state index in [0.717, 1.165) is 42.4 Å². The first-order valence-electron chi connectivity index (χ1n) is 10.4. The number of hydrogen-bond donors (Lipinski definition) is 1. The lowest BCUT2D eigenvalue weighted by atomic mass is 9.98. The van der Waals surface area contributed by atoms with Gasteiger partial charge in [-0.3, -0.25) is 14.1 Å². The Balaban J connectivity index is 1.28. The standard InChI is InChI=1S/C24H23FN4OS/c1-16-22(29-10-11-31-24(29)26-16)15-28-9-8-17-6-7-20(12-19(17)14-28)27-23(30)13-18-4-2-3-5-21(18)25/h2-7,10-12H,8-9,13-15H2,1H3,(H,27,30). The first-order valence-corrected chi connectivity index (χ1v) is 11.2. The summed E-state index contributed by atoms with van der Waals surface area (Å²) in [6.45, 7) is 4.72. The number of carbonyl (C=O) groups is 1. The molecule has 0 fully saturated rings. The average Bonchev–Trinajstić information content (AvgIpc) is 3.31. The van der Waals surface area contributed by atoms with Gasteiger partial charge in [0.25, 0.3) is 0 Å². The Hall–Kier alpha value is -3.03. The first-order chi connectivity index (χ1) is 15.1. The van der Waals surface area contributed by atoms with Gasteiger partial charge in [0, 0.05) is 36.9 Å². The Labute approximate surface area is 184 Å². The number of aromatic nitrogens is 2. The van der Waals surface area contributed by atoms with E-state index in [1.54, 1.807) is 29.5 Å². The third-order valence-corrected chi connectivity index (χ3v) is 6.58. The summed E-state index contributed by atoms with van der Waals surface area (Å²) >= 11 is 1.65. The van der Waals surface area contributed by atoms with Crippen molar-refractivity contribution in [3.8, 4) is 0 Å². The highest BCUT2D eigenvalue weighted by atomic mass is 32.1. The molecule has 31 heavy (non-hydrogen) atoms. The fourth-order valence-electron chi connectivity index (χ4n) is 4.19. The zero-order valence-corrected chi connectivity index (χ0v) is 18.1. The van der Waals surface area contributed by atoms with Gasteiger partial charge in [-0.05, 0) is 48.2 Å². The van der Waals surface area contributed by atoms with Crippen molar-refractivity contribution in [2.45, 2.75) is 32.9 Å². The predicted octanol–water partition coefficient (Wildman–Crippen LogP) is 4.58. The minimum Gasteiger partial charge on any atom is -0.326 e. The number of fused-ring (bicyclic) bond motifs is 2. The second kappa shape index (κ2) is 8.24. The summed E-state index contributed by atoms with van der Waals surface area (Å²) in [7, 11) is 0. The molecule has 2 aromatic heterocycles. The number of thiazole rings is 1. The molecule has 0 radical (unpaired) electrons. The molecule has 2 aromatic carbocycles. The second-order valence-corrected chi connectivity index (χ2v) is 8.83. The molecule has 7 heteroatoms. The number of nitrogens with one attached hydrogen (secondary N) is 1. The zero-order chi connectivity index (χ0) is 21.4. The Morgan fingerprint density at radius 3 is 2.97 bits per heavy atom. The second-order valence-electron chi connectivity index (χ2n) is 7.96. The molecule has 3 heterocycles. The molecule has 0 saturated carbocycles. The van der Waals surface area contributed by atoms with Crippen molar-refractivity contribution in [3.05, 3.63) is 87.9 Å². The van der Waals surface area contributed by atoms with Gasteiger partial charge in [-0.1, -0.05) is 24.3 Å². The van der Waals surface area contributed by atoms with Crippen molar-refractivity contribution in [2.75, 3.05) is 11.9 Å². The number of nitrogens with zero attached hydrogens (tertiary/aromatic N) is 3. The van der Waals surface area contributed by atoms with Crippen LogP contribution in [0.2, 0.25) is 0 Å². The lowest BCUT2D eigenvalue weighted by Gasteiger charge is -2.29. The quantitative estimate of drug-likeness (QED) is 0.500. The minimum absolute atomic E-state index is 0.0208. The van der Waals surface area contributed by atoms with Gasteiger partial charge < -0.3 is 5.32 Å². The Kier molecular flexibility index (Phi) is 5.29. The zero-order valence-electron chi connectivity index (χ0n) is 17.3. The molecule has 0 atom stereocenters. The summed E-state index contributed by atoms with van der Waals surface area (Å²) < 4.78 is 16.0. The van der Waals surface area contributed by atoms with Crippen molar-refractivity contribution < 1.29 is 9.18 Å². The summed E-state index contributed by atoms with van der Waals surface area (Å²) in [5.74, 6) is -0.568. The van der Waals surface area contributed by atoms with Crippen molar-refractivity contribution in [2.24, 2.45) is 0 Å². The van der Waals surface area contributed by atoms with Crippen LogP contribution in [0.25, 0.3) is 4.96 Å². The highest BCUT2D eigenvalue weighted by molar-refractivity contribution is 7.15. The number of imidazole rings is 1. The maximum absolute atomic E-state index is 13.8. The van der Waals surface area contributed by atoms with E-state index < -0.39 is 0 Å². The van der Waals surface area contributed by atoms with E-state index in [9.17, 15) is 9.18 Å². The number of halogens is 1. The van der Waals surface area contributed by atoms with Crippen LogP contribution in [0.15, 0.2) is 54.0 Å². The van der Waals surface area contributed by atoms with E-state index in [-0.39, 0.29) is 18.1 Å². The van der Waals surface area contributed by atoms with Crippen LogP contribution in [0.1, 0.15) is 28.1 Å². The summed E-state index contributed by atoms with van der Waals surface area (Å²) in [5.41, 5.74) is 6.00. The molecule has 5 rings (SSSR count). The van der Waals surface area contributed by atoms with Gasteiger partial charge in [0.05, 0.1) is 17.8 Å². The summed E-state index contributed by atoms with van der Waals surface area (Å²) in [6.07, 6.45) is 3.08. The number of rotatable bonds is 5. The Bertz CT molecular complexity index is 1260. The van der Waals surface area contributed by atoms with E-state index in [2.05, 4.69) is 44.2 Å². The van der Waals surface area contributed by atoms with E-state index in [1.807, 2.05) is 12.1 Å². The molecule has 158 valence electrons. The lowest BCUT2D eigenvalue weighted by Crippen LogP contribution is -2.30. The van der Waals surface area contributed by atoms with Crippen LogP contribution < -0.4 is 5.32 Å². The van der Waals surface area contributed by atoms with Crippen molar-refractivity contribution in [3.63, 3.8) is 0 Å². The molecule has 0 spiro atoms. The summed E-state index contributed by atoms with van der Waals surface area (Å²) in [4.78, 5) is 20.5. The maximum atomic E-state index is 13.8. The third kappa shape index (κ3) is 4.11. The van der Waals surface area contributed by atoms with Gasteiger partial charge in [0.2, 0.25) is 5.91 Å². The van der Waals surface area contributed by atoms with Crippen molar-refractivity contribution in [1.82, 2.24) is 14.3 Å². The van der Waals surface area contributed by atoms with Gasteiger partial charge in [-0.15, -0.1) is 11.3 Å².